The molecule has 0 fully saturated rings. The van der Waals surface area contributed by atoms with Crippen LogP contribution >= 0.6 is 0 Å². The molecule has 0 amide bonds. The van der Waals surface area contributed by atoms with Crippen LogP contribution in [-0.2, 0) is 12.8 Å². The summed E-state index contributed by atoms with van der Waals surface area (Å²) in [5.74, 6) is 1.54. The van der Waals surface area contributed by atoms with Gasteiger partial charge in [-0.1, -0.05) is 12.1 Å². The second kappa shape index (κ2) is 4.84. The van der Waals surface area contributed by atoms with Crippen LogP contribution in [0.1, 0.15) is 29.7 Å². The van der Waals surface area contributed by atoms with Crippen LogP contribution in [0.4, 0.5) is 11.5 Å². The maximum Gasteiger partial charge on any atom is 0.254 e. The van der Waals surface area contributed by atoms with Crippen LogP contribution in [0.15, 0.2) is 30.6 Å². The lowest BCUT2D eigenvalue weighted by molar-refractivity contribution is 0.687. The molecule has 2 heterocycles. The highest BCUT2D eigenvalue weighted by Crippen LogP contribution is 2.30. The van der Waals surface area contributed by atoms with Crippen LogP contribution in [0, 0.1) is 6.92 Å². The number of fused-ring (bicyclic) bond motifs is 2. The van der Waals surface area contributed by atoms with E-state index < -0.39 is 0 Å². The standard InChI is InChI=1S/C16H17N5/c1-11-9-15(21-16(19-11)17-10-18-21)20-14-8-4-6-12-5-2-3-7-13(12)14/h4,6,8-10,20H,2-3,5,7H2,1H3. The molecule has 3 aromatic rings. The molecule has 0 saturated carbocycles. The molecule has 0 spiro atoms. The Bertz CT molecular complexity index is 806. The molecular formula is C16H17N5. The number of aromatic nitrogens is 4. The smallest absolute Gasteiger partial charge is 0.254 e. The van der Waals surface area contributed by atoms with Crippen molar-refractivity contribution in [1.82, 2.24) is 19.6 Å². The van der Waals surface area contributed by atoms with Gasteiger partial charge in [-0.3, -0.25) is 0 Å². The highest BCUT2D eigenvalue weighted by molar-refractivity contribution is 5.64. The van der Waals surface area contributed by atoms with Gasteiger partial charge in [0.15, 0.2) is 0 Å². The first-order chi connectivity index (χ1) is 10.3. The van der Waals surface area contributed by atoms with Gasteiger partial charge in [0, 0.05) is 17.4 Å². The third kappa shape index (κ3) is 2.14. The summed E-state index contributed by atoms with van der Waals surface area (Å²) in [6, 6.07) is 8.51. The average molecular weight is 279 g/mol. The lowest BCUT2D eigenvalue weighted by Gasteiger charge is -2.20. The van der Waals surface area contributed by atoms with Crippen LogP contribution in [0.25, 0.3) is 5.78 Å². The van der Waals surface area contributed by atoms with Crippen molar-refractivity contribution in [1.29, 1.82) is 0 Å². The number of rotatable bonds is 2. The molecule has 21 heavy (non-hydrogen) atoms. The van der Waals surface area contributed by atoms with Crippen LogP contribution in [0.5, 0.6) is 0 Å². The molecule has 5 nitrogen and oxygen atoms in total. The Labute approximate surface area is 123 Å². The SMILES string of the molecule is Cc1cc(Nc2cccc3c2CCCC3)n2ncnc2n1. The predicted octanol–water partition coefficient (Wildman–Crippen LogP) is 3.06. The second-order valence-electron chi connectivity index (χ2n) is 5.53. The summed E-state index contributed by atoms with van der Waals surface area (Å²) in [7, 11) is 0. The van der Waals surface area contributed by atoms with E-state index in [0.29, 0.717) is 5.78 Å². The van der Waals surface area contributed by atoms with Crippen molar-refractivity contribution in [2.45, 2.75) is 32.6 Å². The van der Waals surface area contributed by atoms with Gasteiger partial charge in [-0.2, -0.15) is 14.6 Å². The number of hydrogen-bond donors (Lipinski definition) is 1. The van der Waals surface area contributed by atoms with Crippen LogP contribution in [0.3, 0.4) is 0 Å². The first kappa shape index (κ1) is 12.3. The van der Waals surface area contributed by atoms with Gasteiger partial charge in [-0.05, 0) is 49.8 Å². The molecule has 0 unspecified atom stereocenters. The van der Waals surface area contributed by atoms with Gasteiger partial charge in [-0.15, -0.1) is 0 Å². The van der Waals surface area contributed by atoms with Gasteiger partial charge in [0.2, 0.25) is 0 Å². The molecule has 1 N–H and O–H groups in total. The van der Waals surface area contributed by atoms with Crippen LogP contribution < -0.4 is 5.32 Å². The van der Waals surface area contributed by atoms with Gasteiger partial charge in [0.05, 0.1) is 0 Å². The van der Waals surface area contributed by atoms with E-state index in [0.717, 1.165) is 17.9 Å². The molecule has 1 aliphatic rings. The van der Waals surface area contributed by atoms with E-state index in [2.05, 4.69) is 38.6 Å². The summed E-state index contributed by atoms with van der Waals surface area (Å²) in [6.07, 6.45) is 6.41. The third-order valence-electron chi connectivity index (χ3n) is 4.04. The molecule has 0 bridgehead atoms. The molecule has 0 aliphatic heterocycles. The van der Waals surface area contributed by atoms with Gasteiger partial charge in [-0.25, -0.2) is 4.98 Å². The number of aryl methyl sites for hydroxylation is 2. The number of nitrogens with zero attached hydrogens (tertiary/aromatic N) is 4. The molecule has 4 rings (SSSR count). The minimum absolute atomic E-state index is 0.627. The van der Waals surface area contributed by atoms with E-state index in [4.69, 9.17) is 0 Å². The quantitative estimate of drug-likeness (QED) is 0.783. The Kier molecular flexibility index (Phi) is 2.84. The largest absolute Gasteiger partial charge is 0.340 e. The lowest BCUT2D eigenvalue weighted by atomic mass is 9.90. The van der Waals surface area contributed by atoms with E-state index in [1.165, 1.54) is 42.4 Å². The fourth-order valence-corrected chi connectivity index (χ4v) is 3.06. The average Bonchev–Trinajstić information content (AvgIpc) is 2.96. The number of benzene rings is 1. The molecule has 0 saturated heterocycles. The lowest BCUT2D eigenvalue weighted by Crippen LogP contribution is -2.08. The molecule has 1 aromatic carbocycles. The fraction of sp³-hybridized carbons (Fsp3) is 0.312. The summed E-state index contributed by atoms with van der Waals surface area (Å²) in [4.78, 5) is 8.54. The summed E-state index contributed by atoms with van der Waals surface area (Å²) in [6.45, 7) is 1.97. The van der Waals surface area contributed by atoms with Gasteiger partial charge < -0.3 is 5.32 Å². The Balaban J connectivity index is 1.80. The summed E-state index contributed by atoms with van der Waals surface area (Å²) in [5.41, 5.74) is 5.01. The highest BCUT2D eigenvalue weighted by Gasteiger charge is 2.14. The Morgan fingerprint density at radius 1 is 1.19 bits per heavy atom. The maximum atomic E-state index is 4.37. The zero-order chi connectivity index (χ0) is 14.2. The molecule has 0 atom stereocenters. The zero-order valence-electron chi connectivity index (χ0n) is 12.0. The molecule has 2 aromatic heterocycles. The van der Waals surface area contributed by atoms with Crippen molar-refractivity contribution in [3.8, 4) is 0 Å². The predicted molar refractivity (Wildman–Crippen MR) is 81.9 cm³/mol. The Morgan fingerprint density at radius 3 is 3.05 bits per heavy atom. The van der Waals surface area contributed by atoms with Crippen molar-refractivity contribution in [3.63, 3.8) is 0 Å². The molecule has 1 aliphatic carbocycles. The Hall–Kier alpha value is -2.43. The highest BCUT2D eigenvalue weighted by atomic mass is 15.3. The van der Waals surface area contributed by atoms with E-state index in [1.54, 1.807) is 4.52 Å². The van der Waals surface area contributed by atoms with E-state index in [9.17, 15) is 0 Å². The number of hydrogen-bond acceptors (Lipinski definition) is 4. The number of nitrogens with one attached hydrogen (secondary N) is 1. The minimum Gasteiger partial charge on any atom is -0.340 e. The molecule has 5 heteroatoms. The minimum atomic E-state index is 0.627. The Morgan fingerprint density at radius 2 is 2.10 bits per heavy atom. The third-order valence-corrected chi connectivity index (χ3v) is 4.04. The van der Waals surface area contributed by atoms with E-state index in [1.807, 2.05) is 13.0 Å². The van der Waals surface area contributed by atoms with Crippen molar-refractivity contribution >= 4 is 17.3 Å². The van der Waals surface area contributed by atoms with Crippen molar-refractivity contribution in [2.75, 3.05) is 5.32 Å². The van der Waals surface area contributed by atoms with Gasteiger partial charge in [0.1, 0.15) is 12.1 Å². The van der Waals surface area contributed by atoms with Crippen molar-refractivity contribution in [3.05, 3.63) is 47.4 Å². The monoisotopic (exact) mass is 279 g/mol. The van der Waals surface area contributed by atoms with Crippen LogP contribution in [0.2, 0.25) is 0 Å². The first-order valence-electron chi connectivity index (χ1n) is 7.36. The molecular weight excluding hydrogens is 262 g/mol. The number of anilines is 2. The summed E-state index contributed by atoms with van der Waals surface area (Å²) in [5, 5.41) is 7.77. The molecule has 106 valence electrons. The molecule has 0 radical (unpaired) electrons. The van der Waals surface area contributed by atoms with Gasteiger partial charge in [0.25, 0.3) is 5.78 Å². The maximum absolute atomic E-state index is 4.37. The van der Waals surface area contributed by atoms with E-state index >= 15 is 0 Å². The van der Waals surface area contributed by atoms with Gasteiger partial charge >= 0.3 is 0 Å². The summed E-state index contributed by atoms with van der Waals surface area (Å²) >= 11 is 0. The van der Waals surface area contributed by atoms with Crippen molar-refractivity contribution < 1.29 is 0 Å². The summed E-state index contributed by atoms with van der Waals surface area (Å²) < 4.78 is 1.75. The topological polar surface area (TPSA) is 55.1 Å². The normalized spacial score (nSPS) is 14.1. The first-order valence-corrected chi connectivity index (χ1v) is 7.36. The second-order valence-corrected chi connectivity index (χ2v) is 5.53. The fourth-order valence-electron chi connectivity index (χ4n) is 3.06. The van der Waals surface area contributed by atoms with E-state index in [-0.39, 0.29) is 0 Å². The zero-order valence-corrected chi connectivity index (χ0v) is 12.0. The van der Waals surface area contributed by atoms with Crippen LogP contribution in [-0.4, -0.2) is 19.6 Å². The van der Waals surface area contributed by atoms with Crippen molar-refractivity contribution in [2.24, 2.45) is 0 Å².